The molecule has 5 heteroatoms. The van der Waals surface area contributed by atoms with E-state index >= 15 is 0 Å². The largest absolute Gasteiger partial charge is 0.456 e. The van der Waals surface area contributed by atoms with Crippen LogP contribution in [0.1, 0.15) is 6.42 Å². The Labute approximate surface area is 130 Å². The zero-order valence-electron chi connectivity index (χ0n) is 10.9. The smallest absolute Gasteiger partial charge is 0.230 e. The molecule has 1 aliphatic carbocycles. The number of nitrogens with one attached hydrogen (secondary N) is 1. The maximum atomic E-state index is 12.0. The fourth-order valence-electron chi connectivity index (χ4n) is 2.53. The van der Waals surface area contributed by atoms with Crippen molar-refractivity contribution in [1.29, 1.82) is 0 Å². The SMILES string of the molecule is O=C(Nc1ccc2oc3ccccc3c2c1)[C@@H]1CC1(Cl)Cl. The Kier molecular flexibility index (Phi) is 2.72. The number of anilines is 1. The minimum Gasteiger partial charge on any atom is -0.456 e. The first-order valence-corrected chi connectivity index (χ1v) is 7.40. The van der Waals surface area contributed by atoms with Gasteiger partial charge in [0.05, 0.1) is 5.92 Å². The molecule has 1 aromatic heterocycles. The first-order chi connectivity index (χ1) is 10.0. The molecule has 1 atom stereocenters. The first-order valence-electron chi connectivity index (χ1n) is 6.64. The number of carbonyl (C=O) groups excluding carboxylic acids is 1. The van der Waals surface area contributed by atoms with Gasteiger partial charge in [0.15, 0.2) is 0 Å². The lowest BCUT2D eigenvalue weighted by molar-refractivity contribution is -0.117. The van der Waals surface area contributed by atoms with Gasteiger partial charge in [0.1, 0.15) is 15.5 Å². The van der Waals surface area contributed by atoms with Gasteiger partial charge in [-0.2, -0.15) is 0 Å². The van der Waals surface area contributed by atoms with Crippen LogP contribution in [0.15, 0.2) is 46.9 Å². The van der Waals surface area contributed by atoms with E-state index in [-0.39, 0.29) is 11.8 Å². The van der Waals surface area contributed by atoms with Gasteiger partial charge >= 0.3 is 0 Å². The van der Waals surface area contributed by atoms with E-state index in [0.29, 0.717) is 6.42 Å². The van der Waals surface area contributed by atoms with Gasteiger partial charge in [0.25, 0.3) is 0 Å². The molecule has 1 heterocycles. The van der Waals surface area contributed by atoms with Crippen LogP contribution in [0.2, 0.25) is 0 Å². The van der Waals surface area contributed by atoms with Crippen molar-refractivity contribution in [3.8, 4) is 0 Å². The Hall–Kier alpha value is -1.71. The van der Waals surface area contributed by atoms with Gasteiger partial charge in [-0.3, -0.25) is 4.79 Å². The molecule has 4 rings (SSSR count). The van der Waals surface area contributed by atoms with Gasteiger partial charge in [-0.05, 0) is 30.7 Å². The van der Waals surface area contributed by atoms with Crippen LogP contribution in [0.25, 0.3) is 21.9 Å². The van der Waals surface area contributed by atoms with Crippen LogP contribution in [-0.2, 0) is 4.79 Å². The summed E-state index contributed by atoms with van der Waals surface area (Å²) in [4.78, 5) is 12.0. The quantitative estimate of drug-likeness (QED) is 0.694. The molecular formula is C16H11Cl2NO2. The zero-order chi connectivity index (χ0) is 14.6. The molecule has 1 aliphatic rings. The topological polar surface area (TPSA) is 42.2 Å². The van der Waals surface area contributed by atoms with Crippen molar-refractivity contribution in [2.24, 2.45) is 5.92 Å². The van der Waals surface area contributed by atoms with Crippen LogP contribution in [0.4, 0.5) is 5.69 Å². The van der Waals surface area contributed by atoms with Crippen molar-refractivity contribution in [2.75, 3.05) is 5.32 Å². The van der Waals surface area contributed by atoms with Gasteiger partial charge < -0.3 is 9.73 Å². The van der Waals surface area contributed by atoms with E-state index in [2.05, 4.69) is 5.32 Å². The molecular weight excluding hydrogens is 309 g/mol. The van der Waals surface area contributed by atoms with Crippen molar-refractivity contribution in [1.82, 2.24) is 0 Å². The molecule has 3 nitrogen and oxygen atoms in total. The maximum absolute atomic E-state index is 12.0. The highest BCUT2D eigenvalue weighted by Crippen LogP contribution is 2.53. The predicted octanol–water partition coefficient (Wildman–Crippen LogP) is 4.72. The normalized spacial score (nSPS) is 19.8. The fraction of sp³-hybridized carbons (Fsp3) is 0.188. The number of para-hydroxylation sites is 1. The monoisotopic (exact) mass is 319 g/mol. The number of alkyl halides is 2. The Morgan fingerprint density at radius 2 is 1.86 bits per heavy atom. The lowest BCUT2D eigenvalue weighted by Gasteiger charge is -2.05. The van der Waals surface area contributed by atoms with E-state index < -0.39 is 4.33 Å². The fourth-order valence-corrected chi connectivity index (χ4v) is 3.04. The van der Waals surface area contributed by atoms with Gasteiger partial charge in [0, 0.05) is 16.5 Å². The maximum Gasteiger partial charge on any atom is 0.230 e. The van der Waals surface area contributed by atoms with Gasteiger partial charge in [-0.25, -0.2) is 0 Å². The highest BCUT2D eigenvalue weighted by Gasteiger charge is 2.56. The third kappa shape index (κ3) is 2.17. The zero-order valence-corrected chi connectivity index (χ0v) is 12.4. The average molecular weight is 320 g/mol. The molecule has 1 saturated carbocycles. The molecule has 0 bridgehead atoms. The van der Waals surface area contributed by atoms with Crippen LogP contribution in [0.3, 0.4) is 0 Å². The molecule has 0 aliphatic heterocycles. The first kappa shape index (κ1) is 13.0. The Bertz CT molecular complexity index is 869. The molecule has 0 spiro atoms. The highest BCUT2D eigenvalue weighted by atomic mass is 35.5. The van der Waals surface area contributed by atoms with Gasteiger partial charge in [-0.1, -0.05) is 18.2 Å². The number of rotatable bonds is 2. The number of furan rings is 1. The van der Waals surface area contributed by atoms with E-state index in [9.17, 15) is 4.79 Å². The summed E-state index contributed by atoms with van der Waals surface area (Å²) in [6, 6.07) is 13.4. The van der Waals surface area contributed by atoms with E-state index in [1.165, 1.54) is 0 Å². The summed E-state index contributed by atoms with van der Waals surface area (Å²) >= 11 is 11.8. The molecule has 2 aromatic carbocycles. The average Bonchev–Trinajstić information content (AvgIpc) is 2.95. The molecule has 1 N–H and O–H groups in total. The molecule has 0 unspecified atom stereocenters. The number of amides is 1. The van der Waals surface area contributed by atoms with Crippen molar-refractivity contribution in [2.45, 2.75) is 10.8 Å². The predicted molar refractivity (Wildman–Crippen MR) is 84.9 cm³/mol. The minimum absolute atomic E-state index is 0.146. The molecule has 0 saturated heterocycles. The summed E-state index contributed by atoms with van der Waals surface area (Å²) < 4.78 is 4.84. The Morgan fingerprint density at radius 3 is 2.62 bits per heavy atom. The summed E-state index contributed by atoms with van der Waals surface area (Å²) in [5.74, 6) is -0.482. The molecule has 1 fully saturated rings. The van der Waals surface area contributed by atoms with Crippen molar-refractivity contribution in [3.63, 3.8) is 0 Å². The van der Waals surface area contributed by atoms with Crippen LogP contribution in [0.5, 0.6) is 0 Å². The Morgan fingerprint density at radius 1 is 1.14 bits per heavy atom. The van der Waals surface area contributed by atoms with Crippen molar-refractivity contribution >= 4 is 56.7 Å². The second kappa shape index (κ2) is 4.39. The van der Waals surface area contributed by atoms with Crippen molar-refractivity contribution in [3.05, 3.63) is 42.5 Å². The second-order valence-electron chi connectivity index (χ2n) is 5.32. The third-order valence-electron chi connectivity index (χ3n) is 3.79. The van der Waals surface area contributed by atoms with E-state index in [4.69, 9.17) is 27.6 Å². The number of fused-ring (bicyclic) bond motifs is 3. The number of benzene rings is 2. The molecule has 0 radical (unpaired) electrons. The third-order valence-corrected chi connectivity index (χ3v) is 4.62. The van der Waals surface area contributed by atoms with Gasteiger partial charge in [-0.15, -0.1) is 23.2 Å². The van der Waals surface area contributed by atoms with Crippen LogP contribution < -0.4 is 5.32 Å². The Balaban J connectivity index is 1.70. The van der Waals surface area contributed by atoms with Crippen LogP contribution in [-0.4, -0.2) is 10.2 Å². The molecule has 1 amide bonds. The number of halogens is 2. The summed E-state index contributed by atoms with van der Waals surface area (Å²) in [6.45, 7) is 0. The molecule has 3 aromatic rings. The van der Waals surface area contributed by atoms with Crippen molar-refractivity contribution < 1.29 is 9.21 Å². The lowest BCUT2D eigenvalue weighted by Crippen LogP contribution is -2.16. The summed E-state index contributed by atoms with van der Waals surface area (Å²) in [5, 5.41) is 4.86. The molecule has 21 heavy (non-hydrogen) atoms. The number of hydrogen-bond donors (Lipinski definition) is 1. The summed E-state index contributed by atoms with van der Waals surface area (Å²) in [7, 11) is 0. The summed E-state index contributed by atoms with van der Waals surface area (Å²) in [5.41, 5.74) is 2.35. The van der Waals surface area contributed by atoms with Crippen LogP contribution in [0, 0.1) is 5.92 Å². The number of hydrogen-bond acceptors (Lipinski definition) is 2. The second-order valence-corrected chi connectivity index (χ2v) is 6.86. The minimum atomic E-state index is -0.906. The van der Waals surface area contributed by atoms with Gasteiger partial charge in [0.2, 0.25) is 5.91 Å². The number of carbonyl (C=O) groups is 1. The summed E-state index contributed by atoms with van der Waals surface area (Å²) in [6.07, 6.45) is 0.499. The lowest BCUT2D eigenvalue weighted by atomic mass is 10.1. The van der Waals surface area contributed by atoms with E-state index in [0.717, 1.165) is 27.6 Å². The van der Waals surface area contributed by atoms with Crippen LogP contribution >= 0.6 is 23.2 Å². The standard InChI is InChI=1S/C16H11Cl2NO2/c17-16(18)8-12(16)15(20)19-9-5-6-14-11(7-9)10-3-1-2-4-13(10)21-14/h1-7,12H,8H2,(H,19,20)/t12-/m0/s1. The van der Waals surface area contributed by atoms with E-state index in [1.807, 2.05) is 42.5 Å². The van der Waals surface area contributed by atoms with E-state index in [1.54, 1.807) is 0 Å². The highest BCUT2D eigenvalue weighted by molar-refractivity contribution is 6.52. The molecule has 106 valence electrons.